The first-order valence-electron chi connectivity index (χ1n) is 10.8. The Bertz CT molecular complexity index is 1340. The highest BCUT2D eigenvalue weighted by Crippen LogP contribution is 2.27. The molecule has 10 nitrogen and oxygen atoms in total. The molecule has 3 aromatic rings. The number of carbonyl (C=O) groups is 1. The molecule has 1 saturated heterocycles. The minimum atomic E-state index is -0.904. The van der Waals surface area contributed by atoms with Crippen molar-refractivity contribution in [2.75, 3.05) is 26.9 Å². The Kier molecular flexibility index (Phi) is 7.24. The lowest BCUT2D eigenvalue weighted by atomic mass is 10.1. The predicted octanol–water partition coefficient (Wildman–Crippen LogP) is 1.77. The van der Waals surface area contributed by atoms with E-state index in [1.54, 1.807) is 24.3 Å². The molecule has 11 heteroatoms. The molecule has 0 bridgehead atoms. The molecule has 0 saturated carbocycles. The number of rotatable bonds is 8. The largest absolute Gasteiger partial charge is 0.497 e. The first-order chi connectivity index (χ1) is 16.9. The van der Waals surface area contributed by atoms with Crippen LogP contribution in [0.25, 0.3) is 10.9 Å². The molecule has 0 spiro atoms. The number of primary amides is 1. The molecule has 1 aromatic heterocycles. The van der Waals surface area contributed by atoms with E-state index in [4.69, 9.17) is 29.9 Å². The summed E-state index contributed by atoms with van der Waals surface area (Å²) in [4.78, 5) is 29.8. The maximum absolute atomic E-state index is 14.8. The lowest BCUT2D eigenvalue weighted by Gasteiger charge is -2.28. The van der Waals surface area contributed by atoms with Crippen molar-refractivity contribution in [2.24, 2.45) is 5.73 Å². The van der Waals surface area contributed by atoms with E-state index in [0.717, 1.165) is 10.6 Å². The fourth-order valence-electron chi connectivity index (χ4n) is 3.76. The highest BCUT2D eigenvalue weighted by Gasteiger charge is 2.25. The summed E-state index contributed by atoms with van der Waals surface area (Å²) in [5.74, 6) is -1.69. The highest BCUT2D eigenvalue weighted by molar-refractivity contribution is 5.93. The Hall–Kier alpha value is -4.01. The van der Waals surface area contributed by atoms with Crippen LogP contribution in [-0.4, -0.2) is 54.6 Å². The second kappa shape index (κ2) is 10.5. The molecule has 2 aromatic carbocycles. The average molecular weight is 482 g/mol. The first-order valence-corrected chi connectivity index (χ1v) is 10.8. The molecule has 0 aliphatic carbocycles. The summed E-state index contributed by atoms with van der Waals surface area (Å²) in [6.07, 6.45) is -0.645. The number of nitrogens with two attached hydrogens (primary N) is 1. The molecule has 1 amide bonds. The molecule has 1 fully saturated rings. The van der Waals surface area contributed by atoms with Crippen LogP contribution in [0.3, 0.4) is 0 Å². The third-order valence-corrected chi connectivity index (χ3v) is 5.49. The number of nitrogens with zero attached hydrogens (tertiary/aromatic N) is 3. The molecule has 0 radical (unpaired) electrons. The van der Waals surface area contributed by atoms with Gasteiger partial charge in [-0.25, -0.2) is 9.37 Å². The SMILES string of the molecule is COc1cccc(Cn2c(C(N)=O)nc3ccc(F)c(OCC4COC(CC#N)CO4)c3c2=O)c1. The number of hydrogen-bond acceptors (Lipinski definition) is 8. The molecular weight excluding hydrogens is 459 g/mol. The molecule has 1 aliphatic rings. The first kappa shape index (κ1) is 24.1. The Morgan fingerprint density at radius 2 is 2.06 bits per heavy atom. The molecule has 2 N–H and O–H groups in total. The van der Waals surface area contributed by atoms with Crippen molar-refractivity contribution in [2.45, 2.75) is 25.2 Å². The maximum atomic E-state index is 14.8. The van der Waals surface area contributed by atoms with Gasteiger partial charge in [-0.15, -0.1) is 0 Å². The smallest absolute Gasteiger partial charge is 0.284 e. The number of hydrogen-bond donors (Lipinski definition) is 1. The van der Waals surface area contributed by atoms with Crippen LogP contribution in [0.5, 0.6) is 11.5 Å². The summed E-state index contributed by atoms with van der Waals surface area (Å²) in [6, 6.07) is 11.3. The van der Waals surface area contributed by atoms with E-state index in [1.807, 2.05) is 6.07 Å². The lowest BCUT2D eigenvalue weighted by molar-refractivity contribution is -0.140. The fourth-order valence-corrected chi connectivity index (χ4v) is 3.76. The molecule has 182 valence electrons. The number of aromatic nitrogens is 2. The van der Waals surface area contributed by atoms with Gasteiger partial charge in [-0.2, -0.15) is 5.26 Å². The number of ether oxygens (including phenoxy) is 4. The lowest BCUT2D eigenvalue weighted by Crippen LogP contribution is -2.39. The third kappa shape index (κ3) is 5.24. The number of fused-ring (bicyclic) bond motifs is 1. The van der Waals surface area contributed by atoms with E-state index in [2.05, 4.69) is 4.98 Å². The zero-order valence-corrected chi connectivity index (χ0v) is 18.9. The van der Waals surface area contributed by atoms with Gasteiger partial charge in [-0.1, -0.05) is 12.1 Å². The zero-order chi connectivity index (χ0) is 24.9. The van der Waals surface area contributed by atoms with Crippen LogP contribution in [0.4, 0.5) is 4.39 Å². The van der Waals surface area contributed by atoms with Crippen LogP contribution in [0.1, 0.15) is 22.6 Å². The molecule has 2 heterocycles. The fraction of sp³-hybridized carbons (Fsp3) is 0.333. The van der Waals surface area contributed by atoms with Gasteiger partial charge in [0.15, 0.2) is 11.6 Å². The van der Waals surface area contributed by atoms with E-state index < -0.39 is 23.4 Å². The second-order valence-electron chi connectivity index (χ2n) is 7.90. The molecule has 2 atom stereocenters. The van der Waals surface area contributed by atoms with Crippen LogP contribution < -0.4 is 20.8 Å². The third-order valence-electron chi connectivity index (χ3n) is 5.49. The van der Waals surface area contributed by atoms with Crippen molar-refractivity contribution in [1.82, 2.24) is 9.55 Å². The average Bonchev–Trinajstić information content (AvgIpc) is 2.86. The molecule has 35 heavy (non-hydrogen) atoms. The predicted molar refractivity (Wildman–Crippen MR) is 122 cm³/mol. The van der Waals surface area contributed by atoms with Crippen LogP contribution in [0.2, 0.25) is 0 Å². The Morgan fingerprint density at radius 3 is 2.74 bits per heavy atom. The number of methoxy groups -OCH3 is 1. The Morgan fingerprint density at radius 1 is 1.29 bits per heavy atom. The van der Waals surface area contributed by atoms with E-state index in [1.165, 1.54) is 13.2 Å². The monoisotopic (exact) mass is 482 g/mol. The minimum Gasteiger partial charge on any atom is -0.497 e. The standard InChI is InChI=1S/C24H23FN4O6/c1-32-15-4-2-3-14(9-15)10-29-23(22(27)30)28-19-6-5-18(25)21(20(19)24(29)31)35-13-17-12-33-16(7-8-26)11-34-17/h2-6,9,16-17H,7,10-13H2,1H3,(H2,27,30). The van der Waals surface area contributed by atoms with Gasteiger partial charge in [0.05, 0.1) is 51.0 Å². The number of benzene rings is 2. The van der Waals surface area contributed by atoms with E-state index in [-0.39, 0.29) is 61.4 Å². The van der Waals surface area contributed by atoms with Gasteiger partial charge in [0.1, 0.15) is 23.8 Å². The van der Waals surface area contributed by atoms with Gasteiger partial charge >= 0.3 is 0 Å². The van der Waals surface area contributed by atoms with Crippen molar-refractivity contribution in [3.05, 3.63) is 64.0 Å². The second-order valence-corrected chi connectivity index (χ2v) is 7.90. The van der Waals surface area contributed by atoms with Crippen molar-refractivity contribution < 1.29 is 28.1 Å². The Labute approximate surface area is 199 Å². The molecular formula is C24H23FN4O6. The number of halogens is 1. The van der Waals surface area contributed by atoms with Crippen LogP contribution in [0, 0.1) is 17.1 Å². The summed E-state index contributed by atoms with van der Waals surface area (Å²) >= 11 is 0. The van der Waals surface area contributed by atoms with Gasteiger partial charge in [-0.05, 0) is 29.8 Å². The van der Waals surface area contributed by atoms with Crippen LogP contribution in [-0.2, 0) is 16.0 Å². The minimum absolute atomic E-state index is 0.0486. The molecule has 2 unspecified atom stereocenters. The van der Waals surface area contributed by atoms with Gasteiger partial charge in [-0.3, -0.25) is 14.2 Å². The van der Waals surface area contributed by atoms with Crippen LogP contribution in [0.15, 0.2) is 41.2 Å². The van der Waals surface area contributed by atoms with Gasteiger partial charge in [0.2, 0.25) is 5.82 Å². The van der Waals surface area contributed by atoms with Gasteiger partial charge in [0, 0.05) is 0 Å². The van der Waals surface area contributed by atoms with Crippen molar-refractivity contribution in [3.8, 4) is 17.6 Å². The summed E-state index contributed by atoms with van der Waals surface area (Å²) in [7, 11) is 1.51. The Balaban J connectivity index is 1.69. The quantitative estimate of drug-likeness (QED) is 0.513. The van der Waals surface area contributed by atoms with Gasteiger partial charge < -0.3 is 24.7 Å². The van der Waals surface area contributed by atoms with Crippen molar-refractivity contribution in [3.63, 3.8) is 0 Å². The maximum Gasteiger partial charge on any atom is 0.284 e. The summed E-state index contributed by atoms with van der Waals surface area (Å²) < 4.78 is 38.0. The van der Waals surface area contributed by atoms with E-state index >= 15 is 0 Å². The highest BCUT2D eigenvalue weighted by atomic mass is 19.1. The molecule has 4 rings (SSSR count). The number of nitriles is 1. The normalized spacial score (nSPS) is 17.6. The van der Waals surface area contributed by atoms with Crippen LogP contribution >= 0.6 is 0 Å². The topological polar surface area (TPSA) is 139 Å². The van der Waals surface area contributed by atoms with Crippen molar-refractivity contribution in [1.29, 1.82) is 5.26 Å². The van der Waals surface area contributed by atoms with E-state index in [0.29, 0.717) is 11.3 Å². The number of carbonyl (C=O) groups excluding carboxylic acids is 1. The number of amides is 1. The summed E-state index contributed by atoms with van der Waals surface area (Å²) in [5, 5.41) is 8.64. The molecule has 1 aliphatic heterocycles. The summed E-state index contributed by atoms with van der Waals surface area (Å²) in [5.41, 5.74) is 5.53. The summed E-state index contributed by atoms with van der Waals surface area (Å²) in [6.45, 7) is 0.217. The zero-order valence-electron chi connectivity index (χ0n) is 18.9. The van der Waals surface area contributed by atoms with Gasteiger partial charge in [0.25, 0.3) is 11.5 Å². The van der Waals surface area contributed by atoms with E-state index in [9.17, 15) is 14.0 Å². The van der Waals surface area contributed by atoms with Crippen molar-refractivity contribution >= 4 is 16.8 Å².